The molecule has 0 aliphatic carbocycles. The average Bonchev–Trinajstić information content (AvgIpc) is 2.71. The van der Waals surface area contributed by atoms with Gasteiger partial charge in [-0.15, -0.1) is 0 Å². The fourth-order valence-corrected chi connectivity index (χ4v) is 2.20. The minimum Gasteiger partial charge on any atom is -0.481 e. The Hall–Kier alpha value is -2.18. The smallest absolute Gasteiger partial charge is 0.308 e. The Morgan fingerprint density at radius 2 is 2.06 bits per heavy atom. The van der Waals surface area contributed by atoms with Crippen LogP contribution in [0.5, 0.6) is 0 Å². The molecule has 3 N–H and O–H groups in total. The molecule has 1 aromatic rings. The molecular weight excluding hydrogens is 236 g/mol. The quantitative estimate of drug-likeness (QED) is 0.764. The van der Waals surface area contributed by atoms with Gasteiger partial charge in [-0.1, -0.05) is 6.92 Å². The molecule has 0 bridgehead atoms. The Morgan fingerprint density at radius 3 is 2.61 bits per heavy atom. The van der Waals surface area contributed by atoms with Crippen molar-refractivity contribution in [3.05, 3.63) is 18.1 Å². The standard InChI is InChI=1S/C11H14N4O3/c1-6-4-15(5-7(6)11(17)18)10-8(9(12)16)13-2-3-14-10/h2-3,6-7H,4-5H2,1H3,(H2,12,16)(H,17,18)/t6-,7-/m1/s1. The lowest BCUT2D eigenvalue weighted by Crippen LogP contribution is -2.27. The molecule has 1 aliphatic heterocycles. The molecule has 0 aromatic carbocycles. The van der Waals surface area contributed by atoms with E-state index in [2.05, 4.69) is 9.97 Å². The topological polar surface area (TPSA) is 109 Å². The van der Waals surface area contributed by atoms with Crippen molar-refractivity contribution in [2.75, 3.05) is 18.0 Å². The highest BCUT2D eigenvalue weighted by Gasteiger charge is 2.36. The molecule has 2 heterocycles. The fraction of sp³-hybridized carbons (Fsp3) is 0.455. The van der Waals surface area contributed by atoms with Crippen LogP contribution in [0, 0.1) is 11.8 Å². The van der Waals surface area contributed by atoms with Crippen LogP contribution in [-0.4, -0.2) is 40.0 Å². The molecule has 2 atom stereocenters. The second-order valence-electron chi connectivity index (χ2n) is 4.42. The zero-order chi connectivity index (χ0) is 13.3. The fourth-order valence-electron chi connectivity index (χ4n) is 2.20. The van der Waals surface area contributed by atoms with Gasteiger partial charge in [-0.05, 0) is 5.92 Å². The van der Waals surface area contributed by atoms with Gasteiger partial charge in [0.2, 0.25) is 0 Å². The molecule has 1 saturated heterocycles. The van der Waals surface area contributed by atoms with Crippen molar-refractivity contribution in [3.63, 3.8) is 0 Å². The monoisotopic (exact) mass is 250 g/mol. The molecular formula is C11H14N4O3. The van der Waals surface area contributed by atoms with Crippen LogP contribution < -0.4 is 10.6 Å². The molecule has 0 radical (unpaired) electrons. The van der Waals surface area contributed by atoms with Crippen LogP contribution >= 0.6 is 0 Å². The zero-order valence-corrected chi connectivity index (χ0v) is 9.91. The lowest BCUT2D eigenvalue weighted by atomic mass is 9.99. The Labute approximate surface area is 104 Å². The van der Waals surface area contributed by atoms with Crippen LogP contribution in [0.4, 0.5) is 5.82 Å². The summed E-state index contributed by atoms with van der Waals surface area (Å²) in [6, 6.07) is 0. The summed E-state index contributed by atoms with van der Waals surface area (Å²) in [5.74, 6) is -1.61. The van der Waals surface area contributed by atoms with Crippen molar-refractivity contribution in [2.45, 2.75) is 6.92 Å². The molecule has 1 aliphatic rings. The normalized spacial score (nSPS) is 23.1. The first-order chi connectivity index (χ1) is 8.50. The third-order valence-electron chi connectivity index (χ3n) is 3.14. The highest BCUT2D eigenvalue weighted by atomic mass is 16.4. The van der Waals surface area contributed by atoms with Crippen molar-refractivity contribution in [1.29, 1.82) is 0 Å². The number of nitrogens with zero attached hydrogens (tertiary/aromatic N) is 3. The summed E-state index contributed by atoms with van der Waals surface area (Å²) >= 11 is 0. The predicted molar refractivity (Wildman–Crippen MR) is 63.1 cm³/mol. The first-order valence-corrected chi connectivity index (χ1v) is 5.59. The van der Waals surface area contributed by atoms with Gasteiger partial charge < -0.3 is 15.7 Å². The van der Waals surface area contributed by atoms with E-state index >= 15 is 0 Å². The summed E-state index contributed by atoms with van der Waals surface area (Å²) in [6.07, 6.45) is 2.85. The number of primary amides is 1. The van der Waals surface area contributed by atoms with Crippen LogP contribution in [0.25, 0.3) is 0 Å². The molecule has 0 unspecified atom stereocenters. The number of carboxylic acid groups (broad SMARTS) is 1. The summed E-state index contributed by atoms with van der Waals surface area (Å²) in [5, 5.41) is 9.07. The molecule has 96 valence electrons. The van der Waals surface area contributed by atoms with Crippen LogP contribution in [0.15, 0.2) is 12.4 Å². The van der Waals surface area contributed by atoms with Gasteiger partial charge in [0.15, 0.2) is 11.5 Å². The summed E-state index contributed by atoms with van der Waals surface area (Å²) in [4.78, 5) is 32.0. The lowest BCUT2D eigenvalue weighted by Gasteiger charge is -2.18. The number of aliphatic carboxylic acids is 1. The van der Waals surface area contributed by atoms with Crippen molar-refractivity contribution in [1.82, 2.24) is 9.97 Å². The van der Waals surface area contributed by atoms with Gasteiger partial charge in [0.25, 0.3) is 5.91 Å². The number of hydrogen-bond acceptors (Lipinski definition) is 5. The van der Waals surface area contributed by atoms with Crippen LogP contribution in [0.3, 0.4) is 0 Å². The lowest BCUT2D eigenvalue weighted by molar-refractivity contribution is -0.142. The van der Waals surface area contributed by atoms with Gasteiger partial charge in [-0.3, -0.25) is 9.59 Å². The second kappa shape index (κ2) is 4.59. The van der Waals surface area contributed by atoms with Gasteiger partial charge in [0.1, 0.15) is 0 Å². The van der Waals surface area contributed by atoms with E-state index in [0.29, 0.717) is 18.9 Å². The molecule has 1 amide bonds. The number of rotatable bonds is 3. The van der Waals surface area contributed by atoms with Crippen LogP contribution in [0.1, 0.15) is 17.4 Å². The van der Waals surface area contributed by atoms with Gasteiger partial charge in [-0.25, -0.2) is 9.97 Å². The Morgan fingerprint density at radius 1 is 1.39 bits per heavy atom. The third-order valence-corrected chi connectivity index (χ3v) is 3.14. The van der Waals surface area contributed by atoms with Gasteiger partial charge >= 0.3 is 5.97 Å². The molecule has 0 spiro atoms. The number of carboxylic acids is 1. The number of aromatic nitrogens is 2. The number of anilines is 1. The summed E-state index contributed by atoms with van der Waals surface area (Å²) < 4.78 is 0. The molecule has 1 aromatic heterocycles. The Balaban J connectivity index is 2.29. The van der Waals surface area contributed by atoms with Gasteiger partial charge in [0.05, 0.1) is 5.92 Å². The Bertz CT molecular complexity index is 491. The van der Waals surface area contributed by atoms with E-state index in [1.54, 1.807) is 4.90 Å². The van der Waals surface area contributed by atoms with E-state index in [1.807, 2.05) is 6.92 Å². The zero-order valence-electron chi connectivity index (χ0n) is 9.91. The van der Waals surface area contributed by atoms with Crippen molar-refractivity contribution >= 4 is 17.7 Å². The van der Waals surface area contributed by atoms with Crippen molar-refractivity contribution < 1.29 is 14.7 Å². The van der Waals surface area contributed by atoms with E-state index in [0.717, 1.165) is 0 Å². The maximum Gasteiger partial charge on any atom is 0.308 e. The minimum atomic E-state index is -0.838. The van der Waals surface area contributed by atoms with E-state index < -0.39 is 17.8 Å². The van der Waals surface area contributed by atoms with E-state index in [9.17, 15) is 9.59 Å². The maximum absolute atomic E-state index is 11.3. The molecule has 1 fully saturated rings. The molecule has 7 nitrogen and oxygen atoms in total. The molecule has 7 heteroatoms. The van der Waals surface area contributed by atoms with Crippen LogP contribution in [-0.2, 0) is 4.79 Å². The number of hydrogen-bond donors (Lipinski definition) is 2. The largest absolute Gasteiger partial charge is 0.481 e. The first-order valence-electron chi connectivity index (χ1n) is 5.59. The molecule has 2 rings (SSSR count). The van der Waals surface area contributed by atoms with Crippen molar-refractivity contribution in [3.8, 4) is 0 Å². The van der Waals surface area contributed by atoms with Gasteiger partial charge in [0, 0.05) is 25.5 Å². The van der Waals surface area contributed by atoms with E-state index in [-0.39, 0.29) is 11.6 Å². The third kappa shape index (κ3) is 2.11. The van der Waals surface area contributed by atoms with E-state index in [4.69, 9.17) is 10.8 Å². The minimum absolute atomic E-state index is 0.00904. The second-order valence-corrected chi connectivity index (χ2v) is 4.42. The highest BCUT2D eigenvalue weighted by molar-refractivity contribution is 5.95. The molecule has 0 saturated carbocycles. The van der Waals surface area contributed by atoms with Gasteiger partial charge in [-0.2, -0.15) is 0 Å². The Kier molecular flexibility index (Phi) is 3.14. The predicted octanol–water partition coefficient (Wildman–Crippen LogP) is -0.268. The number of carbonyl (C=O) groups excluding carboxylic acids is 1. The summed E-state index contributed by atoms with van der Waals surface area (Å²) in [7, 11) is 0. The number of amides is 1. The first kappa shape index (κ1) is 12.3. The van der Waals surface area contributed by atoms with E-state index in [1.165, 1.54) is 12.4 Å². The summed E-state index contributed by atoms with van der Waals surface area (Å²) in [5.41, 5.74) is 5.31. The highest BCUT2D eigenvalue weighted by Crippen LogP contribution is 2.28. The SMILES string of the molecule is C[C@@H]1CN(c2nccnc2C(N)=O)C[C@H]1C(=O)O. The number of carbonyl (C=O) groups is 2. The molecule has 18 heavy (non-hydrogen) atoms. The number of nitrogens with two attached hydrogens (primary N) is 1. The van der Waals surface area contributed by atoms with Crippen molar-refractivity contribution in [2.24, 2.45) is 17.6 Å². The van der Waals surface area contributed by atoms with Crippen LogP contribution in [0.2, 0.25) is 0 Å². The maximum atomic E-state index is 11.3. The average molecular weight is 250 g/mol. The summed E-state index contributed by atoms with van der Waals surface area (Å²) in [6.45, 7) is 2.70.